The topological polar surface area (TPSA) is 82.7 Å². The third-order valence-electron chi connectivity index (χ3n) is 3.32. The van der Waals surface area contributed by atoms with E-state index in [-0.39, 0.29) is 5.91 Å². The molecule has 7 nitrogen and oxygen atoms in total. The molecule has 0 bridgehead atoms. The molecule has 1 fully saturated rings. The maximum atomic E-state index is 11.4. The number of carbonyl (C=O) groups excluding carboxylic acids is 1. The molecule has 1 aromatic heterocycles. The summed E-state index contributed by atoms with van der Waals surface area (Å²) in [4.78, 5) is 19.6. The van der Waals surface area contributed by atoms with Gasteiger partial charge in [0.25, 0.3) is 0 Å². The predicted octanol–water partition coefficient (Wildman–Crippen LogP) is -0.0954. The van der Waals surface area contributed by atoms with Gasteiger partial charge in [-0.2, -0.15) is 4.98 Å². The van der Waals surface area contributed by atoms with Gasteiger partial charge in [-0.3, -0.25) is 9.69 Å². The molecule has 0 unspecified atom stereocenters. The molecular weight excluding hydrogens is 260 g/mol. The van der Waals surface area contributed by atoms with Gasteiger partial charge in [0, 0.05) is 32.6 Å². The van der Waals surface area contributed by atoms with Gasteiger partial charge in [0.1, 0.15) is 6.61 Å². The monoisotopic (exact) mass is 282 g/mol. The van der Waals surface area contributed by atoms with Crippen LogP contribution in [-0.4, -0.2) is 63.7 Å². The zero-order valence-corrected chi connectivity index (χ0v) is 12.1. The van der Waals surface area contributed by atoms with E-state index in [1.807, 2.05) is 0 Å². The van der Waals surface area contributed by atoms with Crippen molar-refractivity contribution >= 4 is 5.91 Å². The first-order valence-electron chi connectivity index (χ1n) is 7.01. The maximum absolute atomic E-state index is 11.4. The van der Waals surface area contributed by atoms with Crippen LogP contribution in [0.5, 0.6) is 0 Å². The fraction of sp³-hybridized carbons (Fsp3) is 0.769. The molecule has 1 aromatic rings. The van der Waals surface area contributed by atoms with Gasteiger partial charge in [-0.05, 0) is 5.92 Å². The Balaban J connectivity index is 1.80. The van der Waals surface area contributed by atoms with Crippen molar-refractivity contribution in [2.24, 2.45) is 5.92 Å². The first-order chi connectivity index (χ1) is 9.58. The van der Waals surface area contributed by atoms with Crippen LogP contribution in [0.25, 0.3) is 0 Å². The van der Waals surface area contributed by atoms with E-state index in [1.54, 1.807) is 4.90 Å². The summed E-state index contributed by atoms with van der Waals surface area (Å²) >= 11 is 0. The number of nitrogens with zero attached hydrogens (tertiary/aromatic N) is 4. The van der Waals surface area contributed by atoms with Crippen molar-refractivity contribution in [2.45, 2.75) is 26.8 Å². The summed E-state index contributed by atoms with van der Waals surface area (Å²) in [6.45, 7) is 7.22. The SMILES string of the molecule is CC(C)Cc1noc(CN2CCN(C(=O)CO)CC2)n1. The number of carbonyl (C=O) groups is 1. The quantitative estimate of drug-likeness (QED) is 0.812. The van der Waals surface area contributed by atoms with Gasteiger partial charge in [0.15, 0.2) is 5.82 Å². The zero-order chi connectivity index (χ0) is 14.5. The molecule has 0 atom stereocenters. The molecule has 112 valence electrons. The summed E-state index contributed by atoms with van der Waals surface area (Å²) in [5.41, 5.74) is 0. The highest BCUT2D eigenvalue weighted by Crippen LogP contribution is 2.09. The Hall–Kier alpha value is -1.47. The van der Waals surface area contributed by atoms with Gasteiger partial charge >= 0.3 is 0 Å². The molecule has 2 rings (SSSR count). The van der Waals surface area contributed by atoms with Crippen molar-refractivity contribution in [3.63, 3.8) is 0 Å². The van der Waals surface area contributed by atoms with Gasteiger partial charge in [-0.1, -0.05) is 19.0 Å². The standard InChI is InChI=1S/C13H22N4O3/c1-10(2)7-11-14-12(20-15-11)8-16-3-5-17(6-4-16)13(19)9-18/h10,18H,3-9H2,1-2H3. The summed E-state index contributed by atoms with van der Waals surface area (Å²) in [7, 11) is 0. The normalized spacial score (nSPS) is 16.9. The lowest BCUT2D eigenvalue weighted by molar-refractivity contribution is -0.136. The maximum Gasteiger partial charge on any atom is 0.248 e. The van der Waals surface area contributed by atoms with Crippen molar-refractivity contribution in [1.29, 1.82) is 0 Å². The highest BCUT2D eigenvalue weighted by molar-refractivity contribution is 5.77. The Bertz CT molecular complexity index is 439. The number of rotatable bonds is 5. The van der Waals surface area contributed by atoms with Crippen molar-refractivity contribution in [1.82, 2.24) is 19.9 Å². The molecule has 1 aliphatic rings. The first-order valence-corrected chi connectivity index (χ1v) is 7.01. The number of aromatic nitrogens is 2. The minimum atomic E-state index is -0.414. The van der Waals surface area contributed by atoms with E-state index in [9.17, 15) is 4.79 Å². The lowest BCUT2D eigenvalue weighted by atomic mass is 10.1. The van der Waals surface area contributed by atoms with Crippen LogP contribution < -0.4 is 0 Å². The second-order valence-electron chi connectivity index (χ2n) is 5.52. The van der Waals surface area contributed by atoms with Gasteiger partial charge in [0.05, 0.1) is 6.54 Å². The molecule has 1 amide bonds. The summed E-state index contributed by atoms with van der Waals surface area (Å²) in [5, 5.41) is 12.8. The lowest BCUT2D eigenvalue weighted by Gasteiger charge is -2.33. The molecule has 0 radical (unpaired) electrons. The van der Waals surface area contributed by atoms with Crippen LogP contribution in [0.3, 0.4) is 0 Å². The Kier molecular flexibility index (Phi) is 5.08. The number of aliphatic hydroxyl groups excluding tert-OH is 1. The molecule has 1 saturated heterocycles. The fourth-order valence-corrected chi connectivity index (χ4v) is 2.25. The van der Waals surface area contributed by atoms with E-state index >= 15 is 0 Å². The molecule has 20 heavy (non-hydrogen) atoms. The molecule has 0 spiro atoms. The smallest absolute Gasteiger partial charge is 0.248 e. The molecule has 0 aromatic carbocycles. The summed E-state index contributed by atoms with van der Waals surface area (Å²) in [6, 6.07) is 0. The Morgan fingerprint density at radius 2 is 2.05 bits per heavy atom. The Morgan fingerprint density at radius 1 is 1.35 bits per heavy atom. The number of hydrogen-bond donors (Lipinski definition) is 1. The van der Waals surface area contributed by atoms with E-state index in [4.69, 9.17) is 9.63 Å². The van der Waals surface area contributed by atoms with Gasteiger partial charge in [-0.15, -0.1) is 0 Å². The number of piperazine rings is 1. The molecule has 1 N–H and O–H groups in total. The third-order valence-corrected chi connectivity index (χ3v) is 3.32. The van der Waals surface area contributed by atoms with Crippen LogP contribution in [0.1, 0.15) is 25.6 Å². The summed E-state index contributed by atoms with van der Waals surface area (Å²) in [5.74, 6) is 1.68. The van der Waals surface area contributed by atoms with Crippen LogP contribution in [0.4, 0.5) is 0 Å². The zero-order valence-electron chi connectivity index (χ0n) is 12.1. The second kappa shape index (κ2) is 6.81. The Morgan fingerprint density at radius 3 is 2.65 bits per heavy atom. The van der Waals surface area contributed by atoms with E-state index in [2.05, 4.69) is 28.9 Å². The average Bonchev–Trinajstić information content (AvgIpc) is 2.85. The summed E-state index contributed by atoms with van der Waals surface area (Å²) < 4.78 is 5.24. The van der Waals surface area contributed by atoms with E-state index < -0.39 is 6.61 Å². The lowest BCUT2D eigenvalue weighted by Crippen LogP contribution is -2.49. The molecule has 2 heterocycles. The van der Waals surface area contributed by atoms with Crippen molar-refractivity contribution in [3.8, 4) is 0 Å². The predicted molar refractivity (Wildman–Crippen MR) is 71.8 cm³/mol. The molecule has 7 heteroatoms. The number of amides is 1. The minimum absolute atomic E-state index is 0.207. The van der Waals surface area contributed by atoms with E-state index in [0.717, 1.165) is 25.3 Å². The van der Waals surface area contributed by atoms with Crippen LogP contribution in [0.2, 0.25) is 0 Å². The largest absolute Gasteiger partial charge is 0.387 e. The van der Waals surface area contributed by atoms with Crippen molar-refractivity contribution < 1.29 is 14.4 Å². The van der Waals surface area contributed by atoms with Crippen LogP contribution in [0, 0.1) is 5.92 Å². The second-order valence-corrected chi connectivity index (χ2v) is 5.52. The van der Waals surface area contributed by atoms with Gasteiger partial charge in [-0.25, -0.2) is 0 Å². The van der Waals surface area contributed by atoms with Crippen LogP contribution in [0.15, 0.2) is 4.52 Å². The third kappa shape index (κ3) is 4.01. The first kappa shape index (κ1) is 14.9. The van der Waals surface area contributed by atoms with E-state index in [0.29, 0.717) is 31.4 Å². The van der Waals surface area contributed by atoms with Crippen LogP contribution in [-0.2, 0) is 17.8 Å². The minimum Gasteiger partial charge on any atom is -0.387 e. The molecular formula is C13H22N4O3. The highest BCUT2D eigenvalue weighted by Gasteiger charge is 2.21. The van der Waals surface area contributed by atoms with Gasteiger partial charge < -0.3 is 14.5 Å². The summed E-state index contributed by atoms with van der Waals surface area (Å²) in [6.07, 6.45) is 0.822. The van der Waals surface area contributed by atoms with Crippen molar-refractivity contribution in [3.05, 3.63) is 11.7 Å². The molecule has 0 saturated carbocycles. The van der Waals surface area contributed by atoms with Crippen molar-refractivity contribution in [2.75, 3.05) is 32.8 Å². The van der Waals surface area contributed by atoms with E-state index in [1.165, 1.54) is 0 Å². The molecule has 0 aliphatic carbocycles. The Labute approximate surface area is 118 Å². The fourth-order valence-electron chi connectivity index (χ4n) is 2.25. The van der Waals surface area contributed by atoms with Crippen LogP contribution >= 0.6 is 0 Å². The number of hydrogen-bond acceptors (Lipinski definition) is 6. The molecule has 1 aliphatic heterocycles. The highest BCUT2D eigenvalue weighted by atomic mass is 16.5. The average molecular weight is 282 g/mol. The van der Waals surface area contributed by atoms with Gasteiger partial charge in [0.2, 0.25) is 11.8 Å². The number of aliphatic hydroxyl groups is 1.